The van der Waals surface area contributed by atoms with Crippen molar-refractivity contribution in [3.8, 4) is 0 Å². The Morgan fingerprint density at radius 3 is 2.55 bits per heavy atom. The smallest absolute Gasteiger partial charge is 0.104 e. The van der Waals surface area contributed by atoms with Gasteiger partial charge in [-0.1, -0.05) is 24.4 Å². The first kappa shape index (κ1) is 13.6. The van der Waals surface area contributed by atoms with Crippen LogP contribution in [0.5, 0.6) is 0 Å². The molecule has 0 amide bonds. The topological polar surface area (TPSA) is 30.9 Å². The molecule has 0 aliphatic heterocycles. The van der Waals surface area contributed by atoms with Gasteiger partial charge in [0.25, 0.3) is 0 Å². The average Bonchev–Trinajstić information content (AvgIpc) is 2.84. The second kappa shape index (κ2) is 5.54. The fraction of sp³-hybridized carbons (Fsp3) is 0.0625. The molecule has 0 saturated heterocycles. The summed E-state index contributed by atoms with van der Waals surface area (Å²) in [4.78, 5) is 0.442. The Labute approximate surface area is 136 Å². The molecule has 1 aromatic heterocycles. The molecule has 2 aromatic carbocycles. The number of aromatic nitrogens is 1. The predicted molar refractivity (Wildman–Crippen MR) is 96.1 cm³/mol. The molecule has 100 valence electrons. The average molecular weight is 392 g/mol. The third-order valence-corrected chi connectivity index (χ3v) is 4.28. The Bertz CT molecular complexity index is 775. The lowest BCUT2D eigenvalue weighted by Gasteiger charge is -2.06. The molecule has 2 N–H and O–H groups in total. The molecule has 0 spiro atoms. The minimum atomic E-state index is 0.442. The molecule has 4 heteroatoms. The van der Waals surface area contributed by atoms with Gasteiger partial charge in [-0.05, 0) is 64.6 Å². The SMILES string of the molecule is NC(=S)c1ccc2c(ccn2Cc2ccc(I)cc2)c1. The Kier molecular flexibility index (Phi) is 3.76. The first-order valence-corrected chi connectivity index (χ1v) is 7.75. The van der Waals surface area contributed by atoms with Crippen LogP contribution in [0.25, 0.3) is 10.9 Å². The van der Waals surface area contributed by atoms with Crippen molar-refractivity contribution in [2.24, 2.45) is 5.73 Å². The molecule has 0 aliphatic rings. The van der Waals surface area contributed by atoms with Crippen molar-refractivity contribution in [1.82, 2.24) is 4.57 Å². The second-order valence-corrected chi connectivity index (χ2v) is 6.39. The molecule has 3 rings (SSSR count). The molecule has 3 aromatic rings. The lowest BCUT2D eigenvalue weighted by molar-refractivity contribution is 0.836. The summed E-state index contributed by atoms with van der Waals surface area (Å²) in [6, 6.07) is 16.8. The van der Waals surface area contributed by atoms with Crippen LogP contribution < -0.4 is 5.73 Å². The molecular formula is C16H13IN2S. The number of nitrogens with zero attached hydrogens (tertiary/aromatic N) is 1. The van der Waals surface area contributed by atoms with Crippen LogP contribution in [0.15, 0.2) is 54.7 Å². The zero-order valence-corrected chi connectivity index (χ0v) is 13.7. The highest BCUT2D eigenvalue weighted by molar-refractivity contribution is 14.1. The van der Waals surface area contributed by atoms with Crippen LogP contribution >= 0.6 is 34.8 Å². The highest BCUT2D eigenvalue weighted by Crippen LogP contribution is 2.19. The van der Waals surface area contributed by atoms with Gasteiger partial charge in [-0.2, -0.15) is 0 Å². The van der Waals surface area contributed by atoms with E-state index < -0.39 is 0 Å². The summed E-state index contributed by atoms with van der Waals surface area (Å²) in [6.07, 6.45) is 2.10. The van der Waals surface area contributed by atoms with Crippen molar-refractivity contribution >= 4 is 50.7 Å². The molecule has 1 heterocycles. The Hall–Kier alpha value is -1.40. The molecule has 0 aliphatic carbocycles. The van der Waals surface area contributed by atoms with Crippen molar-refractivity contribution < 1.29 is 0 Å². The molecular weight excluding hydrogens is 379 g/mol. The van der Waals surface area contributed by atoms with Gasteiger partial charge >= 0.3 is 0 Å². The summed E-state index contributed by atoms with van der Waals surface area (Å²) in [6.45, 7) is 0.868. The lowest BCUT2D eigenvalue weighted by atomic mass is 10.1. The molecule has 0 fully saturated rings. The standard InChI is InChI=1S/C16H13IN2S/c17-14-4-1-11(2-5-14)10-19-8-7-12-9-13(16(18)20)3-6-15(12)19/h1-9H,10H2,(H2,18,20). The fourth-order valence-corrected chi connectivity index (χ4v) is 2.76. The van der Waals surface area contributed by atoms with Gasteiger partial charge < -0.3 is 10.3 Å². The number of halogens is 1. The summed E-state index contributed by atoms with van der Waals surface area (Å²) < 4.78 is 3.49. The number of fused-ring (bicyclic) bond motifs is 1. The summed E-state index contributed by atoms with van der Waals surface area (Å²) in [5.74, 6) is 0. The van der Waals surface area contributed by atoms with E-state index in [0.717, 1.165) is 12.1 Å². The van der Waals surface area contributed by atoms with Crippen LogP contribution in [0, 0.1) is 3.57 Å². The summed E-state index contributed by atoms with van der Waals surface area (Å²) >= 11 is 7.34. The molecule has 0 radical (unpaired) electrons. The molecule has 0 saturated carbocycles. The van der Waals surface area contributed by atoms with E-state index in [-0.39, 0.29) is 0 Å². The third-order valence-electron chi connectivity index (χ3n) is 3.32. The molecule has 0 atom stereocenters. The predicted octanol–water partition coefficient (Wildman–Crippen LogP) is 3.93. The van der Waals surface area contributed by atoms with Crippen molar-refractivity contribution in [2.75, 3.05) is 0 Å². The Morgan fingerprint density at radius 2 is 1.85 bits per heavy atom. The molecule has 20 heavy (non-hydrogen) atoms. The zero-order valence-electron chi connectivity index (χ0n) is 10.7. The van der Waals surface area contributed by atoms with E-state index in [0.29, 0.717) is 4.99 Å². The van der Waals surface area contributed by atoms with Crippen LogP contribution in [-0.2, 0) is 6.54 Å². The van der Waals surface area contributed by atoms with Crippen LogP contribution in [0.1, 0.15) is 11.1 Å². The van der Waals surface area contributed by atoms with Crippen LogP contribution in [-0.4, -0.2) is 9.56 Å². The van der Waals surface area contributed by atoms with Gasteiger partial charge in [0.2, 0.25) is 0 Å². The monoisotopic (exact) mass is 392 g/mol. The van der Waals surface area contributed by atoms with E-state index in [2.05, 4.69) is 69.8 Å². The quantitative estimate of drug-likeness (QED) is 0.541. The fourth-order valence-electron chi connectivity index (χ4n) is 2.28. The van der Waals surface area contributed by atoms with Gasteiger partial charge in [-0.25, -0.2) is 0 Å². The van der Waals surface area contributed by atoms with Gasteiger partial charge in [0, 0.05) is 32.8 Å². The summed E-state index contributed by atoms with van der Waals surface area (Å²) in [5.41, 5.74) is 9.08. The second-order valence-electron chi connectivity index (χ2n) is 4.71. The maximum Gasteiger partial charge on any atom is 0.104 e. The maximum absolute atomic E-state index is 5.67. The molecule has 0 unspecified atom stereocenters. The number of hydrogen-bond donors (Lipinski definition) is 1. The van der Waals surface area contributed by atoms with Gasteiger partial charge in [-0.3, -0.25) is 0 Å². The van der Waals surface area contributed by atoms with Gasteiger partial charge in [-0.15, -0.1) is 0 Å². The van der Waals surface area contributed by atoms with Crippen molar-refractivity contribution in [3.05, 3.63) is 69.4 Å². The number of nitrogens with two attached hydrogens (primary N) is 1. The zero-order chi connectivity index (χ0) is 14.1. The summed E-state index contributed by atoms with van der Waals surface area (Å²) in [5, 5.41) is 1.17. The lowest BCUT2D eigenvalue weighted by Crippen LogP contribution is -2.08. The van der Waals surface area contributed by atoms with Crippen molar-refractivity contribution in [2.45, 2.75) is 6.54 Å². The minimum Gasteiger partial charge on any atom is -0.389 e. The van der Waals surface area contributed by atoms with Gasteiger partial charge in [0.1, 0.15) is 4.99 Å². The maximum atomic E-state index is 5.67. The van der Waals surface area contributed by atoms with Gasteiger partial charge in [0.05, 0.1) is 0 Å². The van der Waals surface area contributed by atoms with E-state index in [1.54, 1.807) is 0 Å². The van der Waals surface area contributed by atoms with E-state index in [9.17, 15) is 0 Å². The third kappa shape index (κ3) is 2.71. The van der Waals surface area contributed by atoms with Crippen molar-refractivity contribution in [3.63, 3.8) is 0 Å². The first-order chi connectivity index (χ1) is 9.63. The highest BCUT2D eigenvalue weighted by atomic mass is 127. The van der Waals surface area contributed by atoms with E-state index in [4.69, 9.17) is 18.0 Å². The normalized spacial score (nSPS) is 10.8. The number of benzene rings is 2. The minimum absolute atomic E-state index is 0.442. The van der Waals surface area contributed by atoms with Gasteiger partial charge in [0.15, 0.2) is 0 Å². The molecule has 0 bridgehead atoms. The first-order valence-electron chi connectivity index (χ1n) is 6.26. The van der Waals surface area contributed by atoms with E-state index in [1.165, 1.54) is 20.0 Å². The number of rotatable bonds is 3. The Balaban J connectivity index is 1.96. The van der Waals surface area contributed by atoms with Crippen molar-refractivity contribution in [1.29, 1.82) is 0 Å². The summed E-state index contributed by atoms with van der Waals surface area (Å²) in [7, 11) is 0. The largest absolute Gasteiger partial charge is 0.389 e. The molecule has 2 nitrogen and oxygen atoms in total. The number of hydrogen-bond acceptors (Lipinski definition) is 1. The van der Waals surface area contributed by atoms with Crippen LogP contribution in [0.3, 0.4) is 0 Å². The van der Waals surface area contributed by atoms with E-state index in [1.807, 2.05) is 12.1 Å². The number of thiocarbonyl (C=S) groups is 1. The Morgan fingerprint density at radius 1 is 1.10 bits per heavy atom. The van der Waals surface area contributed by atoms with E-state index >= 15 is 0 Å². The van der Waals surface area contributed by atoms with Crippen LogP contribution in [0.2, 0.25) is 0 Å². The highest BCUT2D eigenvalue weighted by Gasteiger charge is 2.04. The van der Waals surface area contributed by atoms with Crippen LogP contribution in [0.4, 0.5) is 0 Å².